The number of allylic oxidation sites excluding steroid dienone is 1. The minimum absolute atomic E-state index is 1.11. The van der Waals surface area contributed by atoms with Crippen molar-refractivity contribution >= 4 is 6.08 Å². The van der Waals surface area contributed by atoms with Gasteiger partial charge in [-0.15, -0.1) is 0 Å². The van der Waals surface area contributed by atoms with Crippen molar-refractivity contribution in [2.24, 2.45) is 0 Å². The Morgan fingerprint density at radius 2 is 1.82 bits per heavy atom. The van der Waals surface area contributed by atoms with Crippen LogP contribution in [0.15, 0.2) is 30.3 Å². The third kappa shape index (κ3) is 2.58. The van der Waals surface area contributed by atoms with E-state index in [1.807, 2.05) is 0 Å². The highest BCUT2D eigenvalue weighted by molar-refractivity contribution is 5.49. The molecule has 0 heterocycles. The molecule has 0 aliphatic rings. The van der Waals surface area contributed by atoms with Gasteiger partial charge in [-0.2, -0.15) is 0 Å². The quantitative estimate of drug-likeness (QED) is 0.599. The van der Waals surface area contributed by atoms with Gasteiger partial charge in [0.2, 0.25) is 0 Å². The highest BCUT2D eigenvalue weighted by Crippen LogP contribution is 2.04. The Labute approximate surface area is 68.6 Å². The lowest BCUT2D eigenvalue weighted by atomic mass is 10.1. The van der Waals surface area contributed by atoms with Crippen LogP contribution in [0.25, 0.3) is 6.08 Å². The van der Waals surface area contributed by atoms with Gasteiger partial charge in [0.1, 0.15) is 0 Å². The van der Waals surface area contributed by atoms with Gasteiger partial charge in [0.15, 0.2) is 0 Å². The van der Waals surface area contributed by atoms with E-state index in [2.05, 4.69) is 50.3 Å². The lowest BCUT2D eigenvalue weighted by molar-refractivity contribution is 1.23. The van der Waals surface area contributed by atoms with Crippen LogP contribution in [-0.2, 0) is 0 Å². The lowest BCUT2D eigenvalue weighted by Crippen LogP contribution is -1.72. The Kier molecular flexibility index (Phi) is 2.91. The first-order valence-electron chi connectivity index (χ1n) is 4.06. The number of benzene rings is 1. The van der Waals surface area contributed by atoms with Crippen LogP contribution in [0.5, 0.6) is 0 Å². The van der Waals surface area contributed by atoms with E-state index in [1.54, 1.807) is 0 Å². The fourth-order valence-corrected chi connectivity index (χ4v) is 0.931. The zero-order valence-corrected chi connectivity index (χ0v) is 7.17. The Morgan fingerprint density at radius 3 is 2.36 bits per heavy atom. The van der Waals surface area contributed by atoms with Gasteiger partial charge in [-0.25, -0.2) is 0 Å². The minimum Gasteiger partial charge on any atom is -0.0842 e. The second-order valence-corrected chi connectivity index (χ2v) is 2.72. The lowest BCUT2D eigenvalue weighted by Gasteiger charge is -1.93. The predicted octanol–water partition coefficient (Wildman–Crippen LogP) is 3.42. The van der Waals surface area contributed by atoms with E-state index in [1.165, 1.54) is 11.1 Å². The van der Waals surface area contributed by atoms with Gasteiger partial charge in [0.05, 0.1) is 0 Å². The molecule has 58 valence electrons. The third-order valence-corrected chi connectivity index (χ3v) is 1.62. The van der Waals surface area contributed by atoms with Crippen LogP contribution >= 0.6 is 0 Å². The molecule has 1 aromatic rings. The monoisotopic (exact) mass is 146 g/mol. The van der Waals surface area contributed by atoms with Crippen LogP contribution in [0.3, 0.4) is 0 Å². The third-order valence-electron chi connectivity index (χ3n) is 1.62. The molecule has 0 bridgehead atoms. The molecule has 1 rings (SSSR count). The first-order chi connectivity index (χ1) is 5.33. The second-order valence-electron chi connectivity index (χ2n) is 2.72. The summed E-state index contributed by atoms with van der Waals surface area (Å²) >= 11 is 0. The number of hydrogen-bond donors (Lipinski definition) is 0. The van der Waals surface area contributed by atoms with Gasteiger partial charge in [-0.05, 0) is 18.9 Å². The molecule has 0 saturated carbocycles. The molecule has 0 fully saturated rings. The van der Waals surface area contributed by atoms with E-state index in [-0.39, 0.29) is 0 Å². The largest absolute Gasteiger partial charge is 0.0842 e. The summed E-state index contributed by atoms with van der Waals surface area (Å²) in [6.07, 6.45) is 5.43. The fourth-order valence-electron chi connectivity index (χ4n) is 0.931. The van der Waals surface area contributed by atoms with E-state index >= 15 is 0 Å². The maximum atomic E-state index is 2.17. The molecule has 0 amide bonds. The van der Waals surface area contributed by atoms with Gasteiger partial charge in [0.25, 0.3) is 0 Å². The van der Waals surface area contributed by atoms with Crippen LogP contribution < -0.4 is 0 Å². The summed E-state index contributed by atoms with van der Waals surface area (Å²) in [4.78, 5) is 0. The summed E-state index contributed by atoms with van der Waals surface area (Å²) in [7, 11) is 0. The standard InChI is InChI=1S/C11H14/c1-3-4-5-11-8-6-10(2)7-9-11/h4-9H,3H2,1-2H3. The molecule has 0 radical (unpaired) electrons. The van der Waals surface area contributed by atoms with Crippen molar-refractivity contribution in [3.05, 3.63) is 41.5 Å². The average Bonchev–Trinajstić information content (AvgIpc) is 2.04. The maximum Gasteiger partial charge on any atom is -0.0260 e. The van der Waals surface area contributed by atoms with Gasteiger partial charge in [0, 0.05) is 0 Å². The summed E-state index contributed by atoms with van der Waals surface area (Å²) in [6.45, 7) is 4.25. The molecular weight excluding hydrogens is 132 g/mol. The molecule has 1 aromatic carbocycles. The number of rotatable bonds is 2. The van der Waals surface area contributed by atoms with E-state index in [4.69, 9.17) is 0 Å². The first-order valence-corrected chi connectivity index (χ1v) is 4.06. The maximum absolute atomic E-state index is 2.17. The van der Waals surface area contributed by atoms with Crippen LogP contribution in [0.1, 0.15) is 24.5 Å². The molecule has 0 nitrogen and oxygen atoms in total. The SMILES string of the molecule is CCC=Cc1ccc(C)cc1. The van der Waals surface area contributed by atoms with Crippen molar-refractivity contribution in [3.8, 4) is 0 Å². The van der Waals surface area contributed by atoms with Gasteiger partial charge in [-0.1, -0.05) is 48.9 Å². The molecule has 0 N–H and O–H groups in total. The molecular formula is C11H14. The zero-order chi connectivity index (χ0) is 8.10. The van der Waals surface area contributed by atoms with Gasteiger partial charge < -0.3 is 0 Å². The van der Waals surface area contributed by atoms with Crippen LogP contribution in [-0.4, -0.2) is 0 Å². The van der Waals surface area contributed by atoms with E-state index in [0.717, 1.165) is 6.42 Å². The summed E-state index contributed by atoms with van der Waals surface area (Å²) in [5.41, 5.74) is 2.61. The highest BCUT2D eigenvalue weighted by atomic mass is 13.9. The first kappa shape index (κ1) is 8.06. The fraction of sp³-hybridized carbons (Fsp3) is 0.273. The van der Waals surface area contributed by atoms with Crippen LogP contribution in [0.4, 0.5) is 0 Å². The van der Waals surface area contributed by atoms with E-state index < -0.39 is 0 Å². The summed E-state index contributed by atoms with van der Waals surface area (Å²) in [5, 5.41) is 0. The molecule has 0 spiro atoms. The Balaban J connectivity index is 2.73. The summed E-state index contributed by atoms with van der Waals surface area (Å²) in [6, 6.07) is 8.55. The molecule has 0 aliphatic carbocycles. The van der Waals surface area contributed by atoms with Crippen molar-refractivity contribution in [1.29, 1.82) is 0 Å². The van der Waals surface area contributed by atoms with E-state index in [0.29, 0.717) is 0 Å². The van der Waals surface area contributed by atoms with Crippen molar-refractivity contribution in [2.75, 3.05) is 0 Å². The van der Waals surface area contributed by atoms with Crippen molar-refractivity contribution in [3.63, 3.8) is 0 Å². The van der Waals surface area contributed by atoms with Gasteiger partial charge in [-0.3, -0.25) is 0 Å². The second kappa shape index (κ2) is 3.97. The van der Waals surface area contributed by atoms with Crippen LogP contribution in [0.2, 0.25) is 0 Å². The smallest absolute Gasteiger partial charge is 0.0260 e. The molecule has 11 heavy (non-hydrogen) atoms. The number of aryl methyl sites for hydroxylation is 1. The molecule has 0 atom stereocenters. The van der Waals surface area contributed by atoms with E-state index in [9.17, 15) is 0 Å². The molecule has 0 aromatic heterocycles. The van der Waals surface area contributed by atoms with Gasteiger partial charge >= 0.3 is 0 Å². The normalized spacial score (nSPS) is 10.7. The average molecular weight is 146 g/mol. The van der Waals surface area contributed by atoms with Crippen molar-refractivity contribution < 1.29 is 0 Å². The molecule has 0 saturated heterocycles. The number of hydrogen-bond acceptors (Lipinski definition) is 0. The minimum atomic E-state index is 1.11. The Hall–Kier alpha value is -1.04. The topological polar surface area (TPSA) is 0 Å². The molecule has 0 unspecified atom stereocenters. The predicted molar refractivity (Wildman–Crippen MR) is 50.5 cm³/mol. The highest BCUT2D eigenvalue weighted by Gasteiger charge is 1.84. The summed E-state index contributed by atoms with van der Waals surface area (Å²) < 4.78 is 0. The Bertz CT molecular complexity index is 229. The molecule has 0 aliphatic heterocycles. The molecule has 0 heteroatoms. The van der Waals surface area contributed by atoms with Crippen molar-refractivity contribution in [2.45, 2.75) is 20.3 Å². The Morgan fingerprint density at radius 1 is 1.18 bits per heavy atom. The summed E-state index contributed by atoms with van der Waals surface area (Å²) in [5.74, 6) is 0. The van der Waals surface area contributed by atoms with Crippen LogP contribution in [0, 0.1) is 6.92 Å². The van der Waals surface area contributed by atoms with Crippen molar-refractivity contribution in [1.82, 2.24) is 0 Å². The zero-order valence-electron chi connectivity index (χ0n) is 7.17.